The third-order valence-electron chi connectivity index (χ3n) is 16.2. The van der Waals surface area contributed by atoms with Crippen molar-refractivity contribution in [1.82, 2.24) is 4.90 Å². The van der Waals surface area contributed by atoms with E-state index < -0.39 is 88.3 Å². The van der Waals surface area contributed by atoms with Crippen LogP contribution >= 0.6 is 0 Å². The summed E-state index contributed by atoms with van der Waals surface area (Å²) in [4.78, 5) is 30.8. The Kier molecular flexibility index (Phi) is 14.6. The number of benzene rings is 1. The molecule has 6 fully saturated rings. The number of rotatable bonds is 22. The van der Waals surface area contributed by atoms with Gasteiger partial charge < -0.3 is 48.6 Å². The highest BCUT2D eigenvalue weighted by Gasteiger charge is 2.92. The molecule has 0 amide bonds. The second-order valence-electron chi connectivity index (χ2n) is 19.1. The number of aliphatic hydroxyl groups is 3. The lowest BCUT2D eigenvalue weighted by atomic mass is 9.42. The van der Waals surface area contributed by atoms with Crippen molar-refractivity contribution in [2.45, 2.75) is 151 Å². The van der Waals surface area contributed by atoms with Crippen LogP contribution in [0.3, 0.4) is 0 Å². The molecule has 0 radical (unpaired) electrons. The smallest absolute Gasteiger partial charge is 0.338 e. The van der Waals surface area contributed by atoms with Crippen LogP contribution in [0.4, 0.5) is 0 Å². The third kappa shape index (κ3) is 7.46. The van der Waals surface area contributed by atoms with Crippen LogP contribution in [0.15, 0.2) is 54.6 Å². The number of fused-ring (bicyclic) bond motifs is 2. The van der Waals surface area contributed by atoms with Crippen LogP contribution in [0.25, 0.3) is 0 Å². The standard InChI is InChI=1S/C49H73NO11/c1-7-8-9-10-11-12-13-14-15-16-17-18-19-20-24-27-36(52)61-49-37-33(29-47(55,44(59-6)42(49)53)43(37)60-45(54)32-25-22-21-23-26-32)48-35(57-4)28-34(51)46(31-56-3)30-50(2)41(48)38(49)39(58-5)40(46)48/h11-12,14-15,21-23,25-26,33-35,37-44,51,53,55H,7-10,13,16-20,24,27-31H2,1-6H3/t33-,34-,35+,37-,38+,39+,40-,41-,42+,43-,44+,46+,47-,48+,49-/m1/s1. The maximum absolute atomic E-state index is 14.5. The summed E-state index contributed by atoms with van der Waals surface area (Å²) in [5, 5.41) is 38.1. The fraction of sp³-hybridized carbons (Fsp3) is 0.755. The highest BCUT2D eigenvalue weighted by Crippen LogP contribution is 2.80. The van der Waals surface area contributed by atoms with Gasteiger partial charge in [0.2, 0.25) is 0 Å². The molecular formula is C49H73NO11. The number of allylic oxidation sites excluding steroid dienone is 4. The van der Waals surface area contributed by atoms with Crippen LogP contribution in [-0.2, 0) is 33.2 Å². The predicted molar refractivity (Wildman–Crippen MR) is 230 cm³/mol. The number of piperidine rings is 1. The molecule has 6 aliphatic rings. The molecule has 1 spiro atoms. The minimum absolute atomic E-state index is 0.0766. The van der Waals surface area contributed by atoms with Gasteiger partial charge in [-0.1, -0.05) is 81.5 Å². The van der Waals surface area contributed by atoms with Gasteiger partial charge in [-0.2, -0.15) is 0 Å². The minimum Gasteiger partial charge on any atom is -0.455 e. The van der Waals surface area contributed by atoms with E-state index >= 15 is 0 Å². The second-order valence-corrected chi connectivity index (χ2v) is 19.1. The van der Waals surface area contributed by atoms with Crippen molar-refractivity contribution < 1.29 is 53.3 Å². The Hall–Kier alpha value is -2.68. The Labute approximate surface area is 363 Å². The lowest BCUT2D eigenvalue weighted by Gasteiger charge is -2.70. The van der Waals surface area contributed by atoms with Crippen molar-refractivity contribution in [1.29, 1.82) is 0 Å². The van der Waals surface area contributed by atoms with E-state index in [1.165, 1.54) is 26.4 Å². The molecule has 3 N–H and O–H groups in total. The van der Waals surface area contributed by atoms with E-state index in [-0.39, 0.29) is 31.4 Å². The van der Waals surface area contributed by atoms with Gasteiger partial charge in [0.05, 0.1) is 30.5 Å². The van der Waals surface area contributed by atoms with E-state index in [4.69, 9.17) is 28.4 Å². The fourth-order valence-electron chi connectivity index (χ4n) is 14.3. The number of ether oxygens (including phenoxy) is 6. The molecule has 0 unspecified atom stereocenters. The van der Waals surface area contributed by atoms with Crippen LogP contribution in [0.1, 0.15) is 107 Å². The Morgan fingerprint density at radius 2 is 1.54 bits per heavy atom. The maximum Gasteiger partial charge on any atom is 0.338 e. The van der Waals surface area contributed by atoms with Gasteiger partial charge in [0.1, 0.15) is 23.9 Å². The summed E-state index contributed by atoms with van der Waals surface area (Å²) in [5.41, 5.74) is -4.87. The summed E-state index contributed by atoms with van der Waals surface area (Å²) in [7, 11) is 8.37. The largest absolute Gasteiger partial charge is 0.455 e. The zero-order valence-corrected chi connectivity index (χ0v) is 37.4. The number of nitrogens with zero attached hydrogens (tertiary/aromatic N) is 1. The minimum atomic E-state index is -1.85. The molecule has 12 heteroatoms. The Morgan fingerprint density at radius 3 is 2.20 bits per heavy atom. The zero-order valence-electron chi connectivity index (χ0n) is 37.4. The van der Waals surface area contributed by atoms with Crippen molar-refractivity contribution in [3.05, 3.63) is 60.2 Å². The quantitative estimate of drug-likeness (QED) is 0.0708. The van der Waals surface area contributed by atoms with E-state index in [9.17, 15) is 24.9 Å². The molecule has 1 saturated heterocycles. The number of likely N-dealkylation sites (tertiary alicyclic amines) is 1. The summed E-state index contributed by atoms with van der Waals surface area (Å²) in [5.74, 6) is -3.54. The number of methoxy groups -OCH3 is 4. The molecule has 15 atom stereocenters. The molecule has 5 aliphatic carbocycles. The van der Waals surface area contributed by atoms with Gasteiger partial charge in [0.25, 0.3) is 0 Å². The Morgan fingerprint density at radius 1 is 0.852 bits per heavy atom. The first-order valence-corrected chi connectivity index (χ1v) is 23.1. The molecule has 340 valence electrons. The van der Waals surface area contributed by atoms with Crippen molar-refractivity contribution in [3.8, 4) is 0 Å². The number of hydrogen-bond donors (Lipinski definition) is 3. The molecule has 1 aromatic rings. The average Bonchev–Trinajstić information content (AvgIpc) is 3.64. The first-order valence-electron chi connectivity index (χ1n) is 23.1. The summed E-state index contributed by atoms with van der Waals surface area (Å²) in [6.45, 7) is 2.93. The van der Waals surface area contributed by atoms with Crippen LogP contribution in [0.5, 0.6) is 0 Å². The molecule has 7 rings (SSSR count). The lowest BCUT2D eigenvalue weighted by molar-refractivity contribution is -0.321. The van der Waals surface area contributed by atoms with Crippen molar-refractivity contribution in [2.75, 3.05) is 48.6 Å². The normalized spacial score (nSPS) is 40.8. The average molecular weight is 852 g/mol. The van der Waals surface area contributed by atoms with E-state index in [1.54, 1.807) is 45.6 Å². The fourth-order valence-corrected chi connectivity index (χ4v) is 14.3. The molecule has 1 heterocycles. The predicted octanol–water partition coefficient (Wildman–Crippen LogP) is 6.05. The van der Waals surface area contributed by atoms with Gasteiger partial charge in [-0.25, -0.2) is 4.79 Å². The van der Waals surface area contributed by atoms with Crippen LogP contribution < -0.4 is 0 Å². The maximum atomic E-state index is 14.5. The van der Waals surface area contributed by atoms with Gasteiger partial charge in [0, 0.05) is 82.5 Å². The van der Waals surface area contributed by atoms with Crippen LogP contribution in [0.2, 0.25) is 0 Å². The summed E-state index contributed by atoms with van der Waals surface area (Å²) < 4.78 is 38.5. The third-order valence-corrected chi connectivity index (χ3v) is 16.2. The van der Waals surface area contributed by atoms with E-state index in [0.29, 0.717) is 24.9 Å². The Bertz CT molecular complexity index is 1710. The van der Waals surface area contributed by atoms with Crippen molar-refractivity contribution >= 4 is 11.9 Å². The van der Waals surface area contributed by atoms with Crippen molar-refractivity contribution in [2.24, 2.45) is 34.5 Å². The monoisotopic (exact) mass is 852 g/mol. The number of aliphatic hydroxyl groups excluding tert-OH is 2. The van der Waals surface area contributed by atoms with Gasteiger partial charge >= 0.3 is 11.9 Å². The summed E-state index contributed by atoms with van der Waals surface area (Å²) in [6, 6.07) is 8.26. The number of carbonyl (C=O) groups is 2. The molecule has 1 aliphatic heterocycles. The van der Waals surface area contributed by atoms with Gasteiger partial charge in [-0.05, 0) is 70.0 Å². The molecule has 0 aromatic heterocycles. The second kappa shape index (κ2) is 19.2. The highest BCUT2D eigenvalue weighted by molar-refractivity contribution is 5.89. The molecule has 5 saturated carbocycles. The number of unbranched alkanes of at least 4 members (excludes halogenated alkanes) is 8. The van der Waals surface area contributed by atoms with Gasteiger partial charge in [0.15, 0.2) is 5.60 Å². The zero-order chi connectivity index (χ0) is 43.6. The molecule has 7 bridgehead atoms. The molecule has 61 heavy (non-hydrogen) atoms. The number of carbonyl (C=O) groups excluding carboxylic acids is 2. The topological polar surface area (TPSA) is 153 Å². The van der Waals surface area contributed by atoms with E-state index in [2.05, 4.69) is 36.1 Å². The van der Waals surface area contributed by atoms with E-state index in [0.717, 1.165) is 44.9 Å². The SMILES string of the molecule is CCCCCC=CCC=CCCCCCCCC(=O)O[C@]12[C@H]3[C@@H](OC(=O)c4ccccc4)[C@](O)(C[C@H]3[C@@]34[C@@H](OC)C[C@@H](O)[C@@]5(COC)CN(C)[C@@H]3[C@@H]1[C@H](OC)[C@H]54)[C@@H](OC)[C@@H]2O. The summed E-state index contributed by atoms with van der Waals surface area (Å²) in [6.07, 6.45) is 15.1. The molecular weight excluding hydrogens is 779 g/mol. The summed E-state index contributed by atoms with van der Waals surface area (Å²) >= 11 is 0. The molecule has 1 aromatic carbocycles. The highest BCUT2D eigenvalue weighted by atomic mass is 16.6. The van der Waals surface area contributed by atoms with Gasteiger partial charge in [-0.15, -0.1) is 0 Å². The Balaban J connectivity index is 1.18. The van der Waals surface area contributed by atoms with E-state index in [1.807, 2.05) is 13.1 Å². The first kappa shape index (κ1) is 46.3. The lowest BCUT2D eigenvalue weighted by Crippen LogP contribution is -2.81. The van der Waals surface area contributed by atoms with Gasteiger partial charge in [-0.3, -0.25) is 4.79 Å². The van der Waals surface area contributed by atoms with Crippen molar-refractivity contribution in [3.63, 3.8) is 0 Å². The molecule has 12 nitrogen and oxygen atoms in total. The number of esters is 2. The first-order chi connectivity index (χ1) is 29.5. The number of hydrogen-bond acceptors (Lipinski definition) is 12. The van der Waals surface area contributed by atoms with Crippen LogP contribution in [-0.4, -0.2) is 135 Å². The van der Waals surface area contributed by atoms with Crippen LogP contribution in [0, 0.1) is 34.5 Å².